The molecule has 3 rings (SSSR count). The van der Waals surface area contributed by atoms with Crippen LogP contribution in [0.15, 0.2) is 30.3 Å². The summed E-state index contributed by atoms with van der Waals surface area (Å²) < 4.78 is 73.5. The van der Waals surface area contributed by atoms with Crippen molar-refractivity contribution in [1.82, 2.24) is 10.2 Å². The van der Waals surface area contributed by atoms with E-state index in [0.717, 1.165) is 17.0 Å². The SMILES string of the molecule is O=C1CCN(C2OC(COP(=O)(O)OP(=O)(O)OP(=O)(O)OP(=O)(O)Oc3ccccc3)C(O)C2O)C(=O)N1. The number of aliphatic hydroxyl groups excluding tert-OH is 2. The summed E-state index contributed by atoms with van der Waals surface area (Å²) >= 11 is 0. The summed E-state index contributed by atoms with van der Waals surface area (Å²) in [7, 11) is -23.2. The van der Waals surface area contributed by atoms with Crippen molar-refractivity contribution in [2.45, 2.75) is 31.0 Å². The molecule has 2 heterocycles. The Bertz CT molecular complexity index is 1260. The molecule has 8 atom stereocenters. The second kappa shape index (κ2) is 12.1. The third kappa shape index (κ3) is 9.23. The average Bonchev–Trinajstić information content (AvgIpc) is 3.04. The van der Waals surface area contributed by atoms with E-state index >= 15 is 0 Å². The molecule has 2 saturated heterocycles. The van der Waals surface area contributed by atoms with Gasteiger partial charge in [0.25, 0.3) is 0 Å². The fraction of sp³-hybridized carbons (Fsp3) is 0.467. The van der Waals surface area contributed by atoms with E-state index in [1.54, 1.807) is 0 Å². The molecule has 0 aliphatic carbocycles. The molecule has 20 nitrogen and oxygen atoms in total. The van der Waals surface area contributed by atoms with Crippen LogP contribution in [0.5, 0.6) is 5.75 Å². The van der Waals surface area contributed by atoms with E-state index in [9.17, 15) is 57.6 Å². The summed E-state index contributed by atoms with van der Waals surface area (Å²) in [5, 5.41) is 22.2. The van der Waals surface area contributed by atoms with Gasteiger partial charge in [-0.1, -0.05) is 18.2 Å². The molecule has 7 N–H and O–H groups in total. The minimum absolute atomic E-state index is 0.149. The lowest BCUT2D eigenvalue weighted by molar-refractivity contribution is -0.125. The summed E-state index contributed by atoms with van der Waals surface area (Å²) in [6.45, 7) is -1.30. The number of hydrogen-bond acceptors (Lipinski definition) is 14. The first-order chi connectivity index (χ1) is 17.9. The van der Waals surface area contributed by atoms with Crippen LogP contribution in [-0.4, -0.2) is 84.3 Å². The van der Waals surface area contributed by atoms with Crippen LogP contribution in [0, 0.1) is 0 Å². The van der Waals surface area contributed by atoms with Gasteiger partial charge in [-0.25, -0.2) is 23.1 Å². The molecule has 2 aliphatic rings. The van der Waals surface area contributed by atoms with Crippen LogP contribution in [0.3, 0.4) is 0 Å². The molecule has 0 bridgehead atoms. The second-order valence-corrected chi connectivity index (χ2v) is 13.8. The van der Waals surface area contributed by atoms with Gasteiger partial charge in [0.05, 0.1) is 6.61 Å². The predicted molar refractivity (Wildman–Crippen MR) is 121 cm³/mol. The van der Waals surface area contributed by atoms with Gasteiger partial charge in [-0.15, -0.1) is 0 Å². The highest BCUT2D eigenvalue weighted by molar-refractivity contribution is 7.69. The van der Waals surface area contributed by atoms with Crippen molar-refractivity contribution < 1.29 is 84.4 Å². The molecule has 3 amide bonds. The van der Waals surface area contributed by atoms with Gasteiger partial charge in [-0.05, 0) is 12.1 Å². The van der Waals surface area contributed by atoms with Crippen molar-refractivity contribution in [2.75, 3.05) is 13.2 Å². The third-order valence-corrected chi connectivity index (χ3v) is 10.6. The van der Waals surface area contributed by atoms with E-state index in [-0.39, 0.29) is 18.7 Å². The Morgan fingerprint density at radius 1 is 0.872 bits per heavy atom. The molecule has 1 aromatic rings. The quantitative estimate of drug-likeness (QED) is 0.147. The number of rotatable bonds is 12. The number of imide groups is 1. The van der Waals surface area contributed by atoms with Gasteiger partial charge in [-0.2, -0.15) is 12.9 Å². The zero-order chi connectivity index (χ0) is 29.2. The minimum atomic E-state index is -6.05. The molecule has 24 heteroatoms. The number of benzene rings is 1. The van der Waals surface area contributed by atoms with Crippen LogP contribution in [0.4, 0.5) is 4.79 Å². The van der Waals surface area contributed by atoms with Gasteiger partial charge in [0, 0.05) is 13.0 Å². The summed E-state index contributed by atoms with van der Waals surface area (Å²) in [6.07, 6.45) is -6.89. The van der Waals surface area contributed by atoms with E-state index in [4.69, 9.17) is 4.74 Å². The third-order valence-electron chi connectivity index (χ3n) is 4.72. The zero-order valence-corrected chi connectivity index (χ0v) is 22.7. The summed E-state index contributed by atoms with van der Waals surface area (Å²) in [6, 6.07) is 5.59. The molecule has 39 heavy (non-hydrogen) atoms. The summed E-state index contributed by atoms with van der Waals surface area (Å²) in [4.78, 5) is 62.5. The number of ether oxygens (including phenoxy) is 1. The molecular formula is C15H22N2O18P4. The first kappa shape index (κ1) is 32.0. The Kier molecular flexibility index (Phi) is 9.94. The van der Waals surface area contributed by atoms with Crippen LogP contribution in [-0.2, 0) is 45.2 Å². The standard InChI is InChI=1S/C15H22N2O18P4/c18-11-6-7-17(15(21)16-11)14-13(20)12(19)10(31-14)8-30-36(22,23)33-38(26,27)35-39(28,29)34-37(24,25)32-9-4-2-1-3-5-9/h1-5,10,12-14,19-20H,6-8H2,(H,22,23)(H,24,25)(H,26,27)(H,28,29)(H,16,18,21). The van der Waals surface area contributed by atoms with Gasteiger partial charge in [0.1, 0.15) is 24.1 Å². The Labute approximate surface area is 218 Å². The summed E-state index contributed by atoms with van der Waals surface area (Å²) in [5.41, 5.74) is 0. The molecule has 2 aliphatic heterocycles. The van der Waals surface area contributed by atoms with Gasteiger partial charge in [0.2, 0.25) is 5.91 Å². The first-order valence-corrected chi connectivity index (χ1v) is 16.3. The smallest absolute Gasteiger partial charge is 0.404 e. The number of amides is 3. The van der Waals surface area contributed by atoms with Crippen LogP contribution < -0.4 is 9.84 Å². The lowest BCUT2D eigenvalue weighted by Crippen LogP contribution is -2.56. The van der Waals surface area contributed by atoms with E-state index in [0.29, 0.717) is 0 Å². The highest BCUT2D eigenvalue weighted by atomic mass is 31.3. The fourth-order valence-electron chi connectivity index (χ4n) is 3.19. The number of aliphatic hydroxyl groups is 2. The maximum absolute atomic E-state index is 12.1. The molecule has 1 aromatic carbocycles. The number of nitrogens with zero attached hydrogens (tertiary/aromatic N) is 1. The number of para-hydroxylation sites is 1. The minimum Gasteiger partial charge on any atom is -0.404 e. The number of carbonyl (C=O) groups is 2. The van der Waals surface area contributed by atoms with E-state index < -0.39 is 74.4 Å². The lowest BCUT2D eigenvalue weighted by atomic mass is 10.1. The normalized spacial score (nSPS) is 29.9. The van der Waals surface area contributed by atoms with Crippen LogP contribution in [0.1, 0.15) is 6.42 Å². The monoisotopic (exact) mass is 642 g/mol. The van der Waals surface area contributed by atoms with Crippen molar-refractivity contribution in [3.63, 3.8) is 0 Å². The van der Waals surface area contributed by atoms with Crippen molar-refractivity contribution in [3.05, 3.63) is 30.3 Å². The highest BCUT2D eigenvalue weighted by Gasteiger charge is 2.50. The number of urea groups is 1. The maximum Gasteiger partial charge on any atom is 0.536 e. The number of phosphoric acid groups is 4. The average molecular weight is 642 g/mol. The molecule has 0 saturated carbocycles. The number of nitrogens with one attached hydrogen (secondary N) is 1. The Morgan fingerprint density at radius 2 is 1.44 bits per heavy atom. The van der Waals surface area contributed by atoms with Gasteiger partial charge >= 0.3 is 37.3 Å². The maximum atomic E-state index is 12.1. The van der Waals surface area contributed by atoms with Gasteiger partial charge < -0.3 is 34.2 Å². The highest BCUT2D eigenvalue weighted by Crippen LogP contribution is 2.71. The molecular weight excluding hydrogens is 620 g/mol. The molecule has 0 radical (unpaired) electrons. The Morgan fingerprint density at radius 3 is 2.03 bits per heavy atom. The van der Waals surface area contributed by atoms with Crippen molar-refractivity contribution in [3.8, 4) is 5.75 Å². The first-order valence-electron chi connectivity index (χ1n) is 10.4. The second-order valence-electron chi connectivity index (χ2n) is 7.66. The molecule has 220 valence electrons. The van der Waals surface area contributed by atoms with Crippen LogP contribution in [0.2, 0.25) is 0 Å². The van der Waals surface area contributed by atoms with E-state index in [1.807, 2.05) is 5.32 Å². The van der Waals surface area contributed by atoms with Gasteiger partial charge in [0.15, 0.2) is 6.23 Å². The fourth-order valence-corrected chi connectivity index (χ4v) is 8.14. The molecule has 8 unspecified atom stereocenters. The largest absolute Gasteiger partial charge is 0.536 e. The van der Waals surface area contributed by atoms with E-state index in [2.05, 4.69) is 22.0 Å². The predicted octanol–water partition coefficient (Wildman–Crippen LogP) is -0.0780. The van der Waals surface area contributed by atoms with Crippen LogP contribution >= 0.6 is 31.3 Å². The zero-order valence-electron chi connectivity index (χ0n) is 19.1. The Balaban J connectivity index is 1.56. The van der Waals surface area contributed by atoms with Crippen molar-refractivity contribution >= 4 is 43.2 Å². The number of carbonyl (C=O) groups excluding carboxylic acids is 2. The number of phosphoric ester groups is 2. The molecule has 0 aromatic heterocycles. The van der Waals surface area contributed by atoms with Crippen LogP contribution in [0.25, 0.3) is 0 Å². The number of hydrogen-bond donors (Lipinski definition) is 7. The van der Waals surface area contributed by atoms with E-state index in [1.165, 1.54) is 18.2 Å². The van der Waals surface area contributed by atoms with Gasteiger partial charge in [-0.3, -0.25) is 24.4 Å². The van der Waals surface area contributed by atoms with Crippen molar-refractivity contribution in [1.29, 1.82) is 0 Å². The molecule has 2 fully saturated rings. The lowest BCUT2D eigenvalue weighted by Gasteiger charge is -2.32. The topological polar surface area (TPSA) is 294 Å². The van der Waals surface area contributed by atoms with Crippen molar-refractivity contribution in [2.24, 2.45) is 0 Å². The Hall–Kier alpha value is -1.56. The molecule has 0 spiro atoms. The summed E-state index contributed by atoms with van der Waals surface area (Å²) in [5.74, 6) is -0.903.